The van der Waals surface area contributed by atoms with Gasteiger partial charge in [0.05, 0.1) is 5.56 Å². The van der Waals surface area contributed by atoms with E-state index in [0.717, 1.165) is 11.3 Å². The van der Waals surface area contributed by atoms with E-state index in [-0.39, 0.29) is 24.6 Å². The van der Waals surface area contributed by atoms with E-state index in [1.165, 1.54) is 47.4 Å². The summed E-state index contributed by atoms with van der Waals surface area (Å²) in [5.41, 5.74) is 3.76. The first-order valence-electron chi connectivity index (χ1n) is 14.1. The number of carbonyl (C=O) groups is 3. The summed E-state index contributed by atoms with van der Waals surface area (Å²) in [5, 5.41) is 2.80. The van der Waals surface area contributed by atoms with Gasteiger partial charge in [0, 0.05) is 49.7 Å². The van der Waals surface area contributed by atoms with Gasteiger partial charge in [-0.1, -0.05) is 42.0 Å². The zero-order valence-electron chi connectivity index (χ0n) is 23.8. The third-order valence-electron chi connectivity index (χ3n) is 7.39. The molecule has 220 valence electrons. The lowest BCUT2D eigenvalue weighted by atomic mass is 10.1. The Hall–Kier alpha value is -5.05. The molecule has 4 aromatic rings. The molecule has 7 nitrogen and oxygen atoms in total. The number of carbonyl (C=O) groups excluding carboxylic acids is 3. The van der Waals surface area contributed by atoms with Crippen molar-refractivity contribution in [2.75, 3.05) is 42.9 Å². The number of halogens is 2. The lowest BCUT2D eigenvalue weighted by Gasteiger charge is -2.36. The van der Waals surface area contributed by atoms with E-state index in [9.17, 15) is 23.2 Å². The molecule has 1 fully saturated rings. The molecule has 5 rings (SSSR count). The molecular weight excluding hydrogens is 550 g/mol. The predicted molar refractivity (Wildman–Crippen MR) is 162 cm³/mol. The van der Waals surface area contributed by atoms with Crippen molar-refractivity contribution in [3.05, 3.63) is 131 Å². The summed E-state index contributed by atoms with van der Waals surface area (Å²) in [6.45, 7) is 4.22. The average molecular weight is 583 g/mol. The number of amides is 3. The third kappa shape index (κ3) is 7.43. The highest BCUT2D eigenvalue weighted by atomic mass is 19.1. The van der Waals surface area contributed by atoms with Crippen LogP contribution >= 0.6 is 0 Å². The largest absolute Gasteiger partial charge is 0.368 e. The third-order valence-corrected chi connectivity index (χ3v) is 7.39. The molecule has 0 aliphatic carbocycles. The minimum atomic E-state index is -0.687. The minimum absolute atomic E-state index is 0.00179. The Balaban J connectivity index is 1.19. The summed E-state index contributed by atoms with van der Waals surface area (Å²) >= 11 is 0. The van der Waals surface area contributed by atoms with E-state index in [2.05, 4.69) is 10.2 Å². The van der Waals surface area contributed by atoms with E-state index in [1.54, 1.807) is 18.2 Å². The van der Waals surface area contributed by atoms with E-state index >= 15 is 0 Å². The van der Waals surface area contributed by atoms with Crippen LogP contribution in [0.25, 0.3) is 0 Å². The highest BCUT2D eigenvalue weighted by Crippen LogP contribution is 2.21. The van der Waals surface area contributed by atoms with Crippen molar-refractivity contribution in [3.8, 4) is 0 Å². The number of hydrogen-bond donors (Lipinski definition) is 1. The van der Waals surface area contributed by atoms with Gasteiger partial charge >= 0.3 is 0 Å². The number of anilines is 2. The fourth-order valence-electron chi connectivity index (χ4n) is 4.99. The summed E-state index contributed by atoms with van der Waals surface area (Å²) in [5.74, 6) is -2.18. The topological polar surface area (TPSA) is 73.0 Å². The fourth-order valence-corrected chi connectivity index (χ4v) is 4.99. The Morgan fingerprint density at radius 2 is 1.44 bits per heavy atom. The molecule has 3 amide bonds. The van der Waals surface area contributed by atoms with Crippen LogP contribution in [-0.4, -0.2) is 60.2 Å². The Bertz CT molecular complexity index is 1580. The first-order chi connectivity index (χ1) is 20.8. The van der Waals surface area contributed by atoms with Gasteiger partial charge in [-0.2, -0.15) is 0 Å². The highest BCUT2D eigenvalue weighted by molar-refractivity contribution is 5.99. The second kappa shape index (κ2) is 13.3. The van der Waals surface area contributed by atoms with Crippen molar-refractivity contribution >= 4 is 29.1 Å². The molecule has 1 N–H and O–H groups in total. The Morgan fingerprint density at radius 1 is 0.791 bits per heavy atom. The van der Waals surface area contributed by atoms with E-state index in [4.69, 9.17) is 0 Å². The van der Waals surface area contributed by atoms with Gasteiger partial charge in [-0.3, -0.25) is 14.4 Å². The van der Waals surface area contributed by atoms with E-state index < -0.39 is 23.4 Å². The van der Waals surface area contributed by atoms with Gasteiger partial charge in [-0.15, -0.1) is 0 Å². The van der Waals surface area contributed by atoms with Crippen LogP contribution in [0.4, 0.5) is 20.2 Å². The summed E-state index contributed by atoms with van der Waals surface area (Å²) < 4.78 is 27.8. The van der Waals surface area contributed by atoms with Crippen molar-refractivity contribution in [1.82, 2.24) is 9.80 Å². The maximum atomic E-state index is 14.4. The molecule has 1 aliphatic heterocycles. The number of nitrogens with one attached hydrogen (secondary N) is 1. The molecule has 0 spiro atoms. The quantitative estimate of drug-likeness (QED) is 0.297. The molecule has 1 heterocycles. The zero-order chi connectivity index (χ0) is 30.3. The molecule has 9 heteroatoms. The van der Waals surface area contributed by atoms with Gasteiger partial charge in [0.1, 0.15) is 18.2 Å². The molecule has 43 heavy (non-hydrogen) atoms. The summed E-state index contributed by atoms with van der Waals surface area (Å²) in [7, 11) is 0. The van der Waals surface area contributed by atoms with Crippen LogP contribution < -0.4 is 10.2 Å². The smallest absolute Gasteiger partial charge is 0.257 e. The number of rotatable bonds is 8. The summed E-state index contributed by atoms with van der Waals surface area (Å²) in [6, 6.07) is 26.1. The first kappa shape index (κ1) is 29.4. The van der Waals surface area contributed by atoms with Crippen LogP contribution in [0.2, 0.25) is 0 Å². The second-order valence-electron chi connectivity index (χ2n) is 10.5. The summed E-state index contributed by atoms with van der Waals surface area (Å²) in [4.78, 5) is 44.3. The molecule has 0 radical (unpaired) electrons. The van der Waals surface area contributed by atoms with Crippen molar-refractivity contribution in [2.45, 2.75) is 13.5 Å². The van der Waals surface area contributed by atoms with Crippen molar-refractivity contribution in [3.63, 3.8) is 0 Å². The molecule has 0 unspecified atom stereocenters. The number of aryl methyl sites for hydroxylation is 1. The van der Waals surface area contributed by atoms with Crippen LogP contribution in [0.3, 0.4) is 0 Å². The first-order valence-corrected chi connectivity index (χ1v) is 14.1. The van der Waals surface area contributed by atoms with Crippen LogP contribution in [0.5, 0.6) is 0 Å². The molecular formula is C34H32F2N4O3. The minimum Gasteiger partial charge on any atom is -0.368 e. The second-order valence-corrected chi connectivity index (χ2v) is 10.5. The van der Waals surface area contributed by atoms with Gasteiger partial charge < -0.3 is 20.0 Å². The molecule has 4 aromatic carbocycles. The number of benzene rings is 4. The molecule has 1 aliphatic rings. The number of piperazine rings is 1. The van der Waals surface area contributed by atoms with Gasteiger partial charge in [-0.05, 0) is 73.2 Å². The standard InChI is InChI=1S/C34H32F2N4O3/c1-24-6-10-26(11-7-24)33(42)39-20-18-38(19-21-39)29-16-14-28(15-17-29)37-32(41)23-40(22-25-8-12-27(35)13-9-25)34(43)30-4-2-3-5-31(30)36/h2-17H,18-23H2,1H3,(H,37,41). The SMILES string of the molecule is Cc1ccc(C(=O)N2CCN(c3ccc(NC(=O)CN(Cc4ccc(F)cc4)C(=O)c4ccccc4F)cc3)CC2)cc1. The highest BCUT2D eigenvalue weighted by Gasteiger charge is 2.24. The normalized spacial score (nSPS) is 13.0. The Morgan fingerprint density at radius 3 is 2.09 bits per heavy atom. The van der Waals surface area contributed by atoms with Crippen molar-refractivity contribution < 1.29 is 23.2 Å². The summed E-state index contributed by atoms with van der Waals surface area (Å²) in [6.07, 6.45) is 0. The molecule has 1 saturated heterocycles. The van der Waals surface area contributed by atoms with Crippen LogP contribution in [0.15, 0.2) is 97.1 Å². The fraction of sp³-hybridized carbons (Fsp3) is 0.206. The van der Waals surface area contributed by atoms with Gasteiger partial charge in [0.2, 0.25) is 5.91 Å². The lowest BCUT2D eigenvalue weighted by Crippen LogP contribution is -2.48. The van der Waals surface area contributed by atoms with Gasteiger partial charge in [0.25, 0.3) is 11.8 Å². The Labute approximate surface area is 249 Å². The monoisotopic (exact) mass is 582 g/mol. The van der Waals surface area contributed by atoms with Gasteiger partial charge in [-0.25, -0.2) is 8.78 Å². The average Bonchev–Trinajstić information content (AvgIpc) is 3.02. The maximum absolute atomic E-state index is 14.4. The predicted octanol–water partition coefficient (Wildman–Crippen LogP) is 5.52. The zero-order valence-corrected chi connectivity index (χ0v) is 23.8. The van der Waals surface area contributed by atoms with E-state index in [1.807, 2.05) is 48.2 Å². The molecule has 0 aromatic heterocycles. The van der Waals surface area contributed by atoms with Crippen LogP contribution in [0, 0.1) is 18.6 Å². The number of hydrogen-bond acceptors (Lipinski definition) is 4. The van der Waals surface area contributed by atoms with Crippen LogP contribution in [-0.2, 0) is 11.3 Å². The maximum Gasteiger partial charge on any atom is 0.257 e. The molecule has 0 bridgehead atoms. The molecule has 0 saturated carbocycles. The number of nitrogens with zero attached hydrogens (tertiary/aromatic N) is 3. The lowest BCUT2D eigenvalue weighted by molar-refractivity contribution is -0.117. The van der Waals surface area contributed by atoms with Crippen LogP contribution in [0.1, 0.15) is 31.8 Å². The van der Waals surface area contributed by atoms with Crippen molar-refractivity contribution in [2.24, 2.45) is 0 Å². The van der Waals surface area contributed by atoms with E-state index in [0.29, 0.717) is 43.0 Å². The van der Waals surface area contributed by atoms with Gasteiger partial charge in [0.15, 0.2) is 0 Å². The van der Waals surface area contributed by atoms with Crippen molar-refractivity contribution in [1.29, 1.82) is 0 Å². The molecule has 0 atom stereocenters. The Kier molecular flexibility index (Phi) is 9.10.